The van der Waals surface area contributed by atoms with Gasteiger partial charge in [0.2, 0.25) is 0 Å². The zero-order valence-electron chi connectivity index (χ0n) is 14.6. The zero-order valence-corrected chi connectivity index (χ0v) is 15.5. The van der Waals surface area contributed by atoms with Gasteiger partial charge in [0.1, 0.15) is 5.75 Å². The van der Waals surface area contributed by atoms with Crippen molar-refractivity contribution in [1.82, 2.24) is 0 Å². The van der Waals surface area contributed by atoms with Crippen molar-refractivity contribution >= 4 is 10.1 Å². The van der Waals surface area contributed by atoms with Gasteiger partial charge in [-0.05, 0) is 79.1 Å². The first-order valence-electron chi connectivity index (χ1n) is 8.22. The highest BCUT2D eigenvalue weighted by Crippen LogP contribution is 2.40. The number of hydrogen-bond acceptors (Lipinski definition) is 4. The summed E-state index contributed by atoms with van der Waals surface area (Å²) in [4.78, 5) is 0. The number of benzene rings is 2. The van der Waals surface area contributed by atoms with E-state index >= 15 is 0 Å². The van der Waals surface area contributed by atoms with Gasteiger partial charge < -0.3 is 4.18 Å². The van der Waals surface area contributed by atoms with Crippen LogP contribution in [-0.2, 0) is 23.0 Å². The Balaban J connectivity index is 2.14. The van der Waals surface area contributed by atoms with E-state index in [1.165, 1.54) is 12.1 Å². The average molecular weight is 395 g/mol. The number of nitrogens with zero attached hydrogens (tertiary/aromatic N) is 1. The van der Waals surface area contributed by atoms with Gasteiger partial charge in [-0.1, -0.05) is 6.07 Å². The van der Waals surface area contributed by atoms with Crippen molar-refractivity contribution in [2.45, 2.75) is 38.6 Å². The third-order valence-electron chi connectivity index (χ3n) is 4.65. The second-order valence-corrected chi connectivity index (χ2v) is 8.04. The van der Waals surface area contributed by atoms with Gasteiger partial charge in [0.05, 0.1) is 11.6 Å². The Labute approximate surface area is 155 Å². The van der Waals surface area contributed by atoms with Crippen molar-refractivity contribution in [3.05, 3.63) is 52.1 Å². The number of halogens is 3. The van der Waals surface area contributed by atoms with Crippen molar-refractivity contribution in [2.75, 3.05) is 0 Å². The van der Waals surface area contributed by atoms with Crippen molar-refractivity contribution in [1.29, 1.82) is 5.26 Å². The minimum atomic E-state index is -5.74. The van der Waals surface area contributed by atoms with Gasteiger partial charge in [0, 0.05) is 5.56 Å². The van der Waals surface area contributed by atoms with Crippen LogP contribution in [0.4, 0.5) is 13.2 Å². The Bertz CT molecular complexity index is 1040. The molecule has 0 fully saturated rings. The first kappa shape index (κ1) is 19.2. The lowest BCUT2D eigenvalue weighted by Gasteiger charge is -2.18. The average Bonchev–Trinajstić information content (AvgIpc) is 3.01. The van der Waals surface area contributed by atoms with E-state index in [1.807, 2.05) is 6.07 Å². The Morgan fingerprint density at radius 3 is 2.26 bits per heavy atom. The summed E-state index contributed by atoms with van der Waals surface area (Å²) in [6.07, 6.45) is 2.71. The first-order valence-corrected chi connectivity index (χ1v) is 9.63. The van der Waals surface area contributed by atoms with Crippen molar-refractivity contribution < 1.29 is 25.8 Å². The Morgan fingerprint density at radius 2 is 1.70 bits per heavy atom. The lowest BCUT2D eigenvalue weighted by Crippen LogP contribution is -2.28. The molecule has 4 nitrogen and oxygen atoms in total. The monoisotopic (exact) mass is 395 g/mol. The number of fused-ring (bicyclic) bond motifs is 1. The van der Waals surface area contributed by atoms with Crippen molar-refractivity contribution in [3.63, 3.8) is 0 Å². The lowest BCUT2D eigenvalue weighted by atomic mass is 9.87. The van der Waals surface area contributed by atoms with Crippen LogP contribution in [0.2, 0.25) is 0 Å². The fraction of sp³-hybridized carbons (Fsp3) is 0.316. The molecule has 27 heavy (non-hydrogen) atoms. The van der Waals surface area contributed by atoms with Crippen molar-refractivity contribution in [3.8, 4) is 22.9 Å². The molecule has 2 aromatic rings. The molecule has 0 saturated heterocycles. The molecule has 142 valence electrons. The van der Waals surface area contributed by atoms with Gasteiger partial charge in [0.25, 0.3) is 0 Å². The third kappa shape index (κ3) is 3.39. The van der Waals surface area contributed by atoms with Crippen molar-refractivity contribution in [2.24, 2.45) is 0 Å². The molecule has 0 bridgehead atoms. The van der Waals surface area contributed by atoms with Crippen LogP contribution < -0.4 is 4.18 Å². The van der Waals surface area contributed by atoms with Crippen LogP contribution in [0.3, 0.4) is 0 Å². The SMILES string of the molecule is Cc1cc(OS(=O)(=O)C(F)(F)F)cc(C)c1-c1c(C#N)ccc2c1CCC2. The van der Waals surface area contributed by atoms with E-state index in [0.717, 1.165) is 41.5 Å². The molecule has 0 aromatic heterocycles. The molecule has 8 heteroatoms. The maximum atomic E-state index is 12.6. The van der Waals surface area contributed by atoms with Crippen LogP contribution in [0.15, 0.2) is 24.3 Å². The van der Waals surface area contributed by atoms with E-state index in [-0.39, 0.29) is 0 Å². The molecule has 0 N–H and O–H groups in total. The standard InChI is InChI=1S/C19H16F3NO3S/c1-11-8-15(26-27(24,25)19(20,21)22)9-12(2)17(11)18-14(10-23)7-6-13-4-3-5-16(13)18/h6-9H,3-5H2,1-2H3. The smallest absolute Gasteiger partial charge is 0.376 e. The number of nitriles is 1. The highest BCUT2D eigenvalue weighted by molar-refractivity contribution is 7.88. The molecule has 0 spiro atoms. The Kier molecular flexibility index (Phi) is 4.68. The molecular weight excluding hydrogens is 379 g/mol. The van der Waals surface area contributed by atoms with Gasteiger partial charge in [-0.2, -0.15) is 26.9 Å². The minimum absolute atomic E-state index is 0.405. The normalized spacial score (nSPS) is 13.9. The molecule has 0 radical (unpaired) electrons. The fourth-order valence-corrected chi connectivity index (χ4v) is 4.03. The highest BCUT2D eigenvalue weighted by atomic mass is 32.2. The van der Waals surface area contributed by atoms with E-state index in [1.54, 1.807) is 19.9 Å². The summed E-state index contributed by atoms with van der Waals surface area (Å²) < 4.78 is 64.5. The number of aryl methyl sites for hydroxylation is 3. The summed E-state index contributed by atoms with van der Waals surface area (Å²) >= 11 is 0. The minimum Gasteiger partial charge on any atom is -0.376 e. The fourth-order valence-electron chi connectivity index (χ4n) is 3.59. The molecule has 0 saturated carbocycles. The highest BCUT2D eigenvalue weighted by Gasteiger charge is 2.48. The topological polar surface area (TPSA) is 67.2 Å². The van der Waals surface area contributed by atoms with E-state index in [2.05, 4.69) is 10.3 Å². The van der Waals surface area contributed by atoms with Crippen LogP contribution in [0.25, 0.3) is 11.1 Å². The van der Waals surface area contributed by atoms with Gasteiger partial charge in [-0.3, -0.25) is 0 Å². The quantitative estimate of drug-likeness (QED) is 0.564. The van der Waals surface area contributed by atoms with Crippen LogP contribution in [-0.4, -0.2) is 13.9 Å². The summed E-state index contributed by atoms with van der Waals surface area (Å²) in [7, 11) is -5.74. The Morgan fingerprint density at radius 1 is 1.07 bits per heavy atom. The largest absolute Gasteiger partial charge is 0.534 e. The molecule has 0 unspecified atom stereocenters. The number of alkyl halides is 3. The van der Waals surface area contributed by atoms with Gasteiger partial charge in [-0.25, -0.2) is 0 Å². The molecule has 1 aliphatic carbocycles. The molecule has 0 atom stereocenters. The molecule has 0 aliphatic heterocycles. The maximum absolute atomic E-state index is 12.6. The third-order valence-corrected chi connectivity index (χ3v) is 5.63. The number of hydrogen-bond donors (Lipinski definition) is 0. The van der Waals surface area contributed by atoms with Crippen LogP contribution >= 0.6 is 0 Å². The summed E-state index contributed by atoms with van der Waals surface area (Å²) in [5, 5.41) is 9.51. The lowest BCUT2D eigenvalue weighted by molar-refractivity contribution is -0.0500. The predicted molar refractivity (Wildman–Crippen MR) is 93.7 cm³/mol. The Hall–Kier alpha value is -2.53. The van der Waals surface area contributed by atoms with Crippen LogP contribution in [0.5, 0.6) is 5.75 Å². The molecule has 3 rings (SSSR count). The summed E-state index contributed by atoms with van der Waals surface area (Å²) in [6.45, 7) is 3.32. The molecule has 0 amide bonds. The molecule has 0 heterocycles. The number of rotatable bonds is 3. The van der Waals surface area contributed by atoms with E-state index in [4.69, 9.17) is 0 Å². The van der Waals surface area contributed by atoms with E-state index in [0.29, 0.717) is 16.7 Å². The van der Waals surface area contributed by atoms with Gasteiger partial charge >= 0.3 is 15.6 Å². The summed E-state index contributed by atoms with van der Waals surface area (Å²) in [5.41, 5.74) is -0.215. The molecule has 2 aromatic carbocycles. The molecular formula is C19H16F3NO3S. The zero-order chi connectivity index (χ0) is 20.0. The second-order valence-electron chi connectivity index (χ2n) is 6.51. The second kappa shape index (κ2) is 6.57. The van der Waals surface area contributed by atoms with Crippen LogP contribution in [0.1, 0.15) is 34.2 Å². The first-order chi connectivity index (χ1) is 12.5. The van der Waals surface area contributed by atoms with E-state index in [9.17, 15) is 26.9 Å². The summed E-state index contributed by atoms with van der Waals surface area (Å²) in [5.74, 6) is -0.405. The van der Waals surface area contributed by atoms with Gasteiger partial charge in [-0.15, -0.1) is 0 Å². The summed E-state index contributed by atoms with van der Waals surface area (Å²) in [6, 6.07) is 8.36. The predicted octanol–water partition coefficient (Wildman–Crippen LogP) is 4.56. The van der Waals surface area contributed by atoms with Gasteiger partial charge in [0.15, 0.2) is 0 Å². The van der Waals surface area contributed by atoms with Crippen LogP contribution in [0, 0.1) is 25.2 Å². The van der Waals surface area contributed by atoms with E-state index < -0.39 is 21.4 Å². The maximum Gasteiger partial charge on any atom is 0.534 e. The molecule has 1 aliphatic rings.